The summed E-state index contributed by atoms with van der Waals surface area (Å²) >= 11 is 0. The molecule has 0 amide bonds. The van der Waals surface area contributed by atoms with Crippen molar-refractivity contribution < 1.29 is 19.8 Å². The van der Waals surface area contributed by atoms with Crippen molar-refractivity contribution in [1.82, 2.24) is 4.98 Å². The molecule has 1 aromatic heterocycles. The summed E-state index contributed by atoms with van der Waals surface area (Å²) in [6.45, 7) is 7.76. The highest BCUT2D eigenvalue weighted by Crippen LogP contribution is 2.28. The molecule has 0 aromatic carbocycles. The average Bonchev–Trinajstić information content (AvgIpc) is 3.07. The topological polar surface area (TPSA) is 103 Å². The summed E-state index contributed by atoms with van der Waals surface area (Å²) in [5.74, 6) is -1.68. The van der Waals surface area contributed by atoms with Crippen molar-refractivity contribution >= 4 is 29.8 Å². The lowest BCUT2D eigenvalue weighted by Gasteiger charge is -2.03. The molecule has 6 nitrogen and oxygen atoms in total. The Labute approximate surface area is 158 Å². The molecule has 27 heavy (non-hydrogen) atoms. The number of H-pyrrole nitrogens is 1. The number of aromatic amines is 1. The molecule has 2 rings (SSSR count). The fourth-order valence-electron chi connectivity index (χ4n) is 3.36. The van der Waals surface area contributed by atoms with E-state index in [1.807, 2.05) is 45.9 Å². The van der Waals surface area contributed by atoms with Gasteiger partial charge in [-0.15, -0.1) is 0 Å². The first kappa shape index (κ1) is 20.4. The molecule has 0 saturated carbocycles. The molecule has 3 N–H and O–H groups in total. The molecule has 1 aliphatic heterocycles. The van der Waals surface area contributed by atoms with Crippen LogP contribution in [0, 0.1) is 6.92 Å². The predicted molar refractivity (Wildman–Crippen MR) is 106 cm³/mol. The molecule has 2 heterocycles. The van der Waals surface area contributed by atoms with Crippen LogP contribution in [0.1, 0.15) is 51.2 Å². The maximum Gasteiger partial charge on any atom is 0.303 e. The van der Waals surface area contributed by atoms with E-state index >= 15 is 0 Å². The minimum absolute atomic E-state index is 0.0418. The van der Waals surface area contributed by atoms with E-state index in [2.05, 4.69) is 9.98 Å². The summed E-state index contributed by atoms with van der Waals surface area (Å²) in [6, 6.07) is 0. The first-order valence-electron chi connectivity index (χ1n) is 9.03. The van der Waals surface area contributed by atoms with E-state index < -0.39 is 11.9 Å². The van der Waals surface area contributed by atoms with Gasteiger partial charge in [0.2, 0.25) is 0 Å². The molecular formula is C21H26N2O4. The van der Waals surface area contributed by atoms with Crippen molar-refractivity contribution in [2.45, 2.75) is 53.4 Å². The van der Waals surface area contributed by atoms with E-state index in [0.29, 0.717) is 12.8 Å². The van der Waals surface area contributed by atoms with Gasteiger partial charge in [0, 0.05) is 23.5 Å². The lowest BCUT2D eigenvalue weighted by Crippen LogP contribution is -2.15. The van der Waals surface area contributed by atoms with Gasteiger partial charge in [0.1, 0.15) is 0 Å². The van der Waals surface area contributed by atoms with Crippen LogP contribution in [-0.2, 0) is 16.0 Å². The van der Waals surface area contributed by atoms with E-state index in [9.17, 15) is 9.59 Å². The Morgan fingerprint density at radius 3 is 2.19 bits per heavy atom. The summed E-state index contributed by atoms with van der Waals surface area (Å²) in [5, 5.41) is 19.9. The lowest BCUT2D eigenvalue weighted by atomic mass is 9.99. The van der Waals surface area contributed by atoms with Crippen molar-refractivity contribution in [3.8, 4) is 0 Å². The average molecular weight is 370 g/mol. The summed E-state index contributed by atoms with van der Waals surface area (Å²) in [5.41, 5.74) is 5.48. The molecule has 0 radical (unpaired) electrons. The van der Waals surface area contributed by atoms with Crippen LogP contribution in [0.3, 0.4) is 0 Å². The van der Waals surface area contributed by atoms with E-state index in [0.717, 1.165) is 44.4 Å². The van der Waals surface area contributed by atoms with E-state index in [-0.39, 0.29) is 12.8 Å². The quantitative estimate of drug-likeness (QED) is 0.686. The third-order valence-electron chi connectivity index (χ3n) is 4.86. The zero-order chi connectivity index (χ0) is 20.1. The smallest absolute Gasteiger partial charge is 0.303 e. The largest absolute Gasteiger partial charge is 0.481 e. The summed E-state index contributed by atoms with van der Waals surface area (Å²) in [7, 11) is 0. The number of aliphatic imine (C=N–C) groups is 1. The van der Waals surface area contributed by atoms with Crippen LogP contribution in [0.25, 0.3) is 12.2 Å². The normalized spacial score (nSPS) is 17.2. The fourth-order valence-corrected chi connectivity index (χ4v) is 3.36. The standard InChI is InChI=1S/C21H26N2O4/c1-5-16-12(3)14(7-9-20(24)25)18(22-16)11-19-15(8-10-21(26)27)13(4)17(6-2)23-19/h5-6,11,22H,7-10H2,1-4H3,(H,24,25)(H,26,27)/b16-5-,17-6-,18-11-. The van der Waals surface area contributed by atoms with Gasteiger partial charge in [0.25, 0.3) is 0 Å². The molecule has 0 spiro atoms. The van der Waals surface area contributed by atoms with Gasteiger partial charge in [-0.1, -0.05) is 12.2 Å². The molecule has 1 aliphatic rings. The number of rotatable bonds is 7. The van der Waals surface area contributed by atoms with Gasteiger partial charge in [-0.05, 0) is 68.9 Å². The third-order valence-corrected chi connectivity index (χ3v) is 4.86. The van der Waals surface area contributed by atoms with Gasteiger partial charge >= 0.3 is 11.9 Å². The first-order valence-corrected chi connectivity index (χ1v) is 9.03. The van der Waals surface area contributed by atoms with Crippen LogP contribution < -0.4 is 10.7 Å². The Hall–Kier alpha value is -2.89. The second-order valence-corrected chi connectivity index (χ2v) is 6.55. The molecule has 0 bridgehead atoms. The van der Waals surface area contributed by atoms with Crippen molar-refractivity contribution in [3.63, 3.8) is 0 Å². The van der Waals surface area contributed by atoms with E-state index in [4.69, 9.17) is 10.2 Å². The zero-order valence-electron chi connectivity index (χ0n) is 16.2. The number of carboxylic acid groups (broad SMARTS) is 2. The summed E-state index contributed by atoms with van der Waals surface area (Å²) in [6.07, 6.45) is 6.70. The molecule has 0 unspecified atom stereocenters. The van der Waals surface area contributed by atoms with Crippen LogP contribution in [0.2, 0.25) is 0 Å². The third kappa shape index (κ3) is 4.64. The molecule has 0 saturated heterocycles. The molecule has 0 fully saturated rings. The van der Waals surface area contributed by atoms with Gasteiger partial charge in [-0.25, -0.2) is 4.99 Å². The first-order chi connectivity index (χ1) is 12.8. The van der Waals surface area contributed by atoms with E-state index in [1.165, 1.54) is 0 Å². The molecule has 6 heteroatoms. The Morgan fingerprint density at radius 2 is 1.63 bits per heavy atom. The van der Waals surface area contributed by atoms with Gasteiger partial charge < -0.3 is 15.2 Å². The summed E-state index contributed by atoms with van der Waals surface area (Å²) < 4.78 is 0. The number of hydrogen-bond acceptors (Lipinski definition) is 3. The van der Waals surface area contributed by atoms with Crippen molar-refractivity contribution in [1.29, 1.82) is 0 Å². The Morgan fingerprint density at radius 1 is 1.00 bits per heavy atom. The number of nitrogens with one attached hydrogen (secondary N) is 1. The highest BCUT2D eigenvalue weighted by molar-refractivity contribution is 6.23. The maximum absolute atomic E-state index is 11.0. The van der Waals surface area contributed by atoms with E-state index in [1.54, 1.807) is 0 Å². The number of hydrogen-bond donors (Lipinski definition) is 3. The summed E-state index contributed by atoms with van der Waals surface area (Å²) in [4.78, 5) is 30.0. The minimum atomic E-state index is -0.843. The van der Waals surface area contributed by atoms with Gasteiger partial charge in [-0.3, -0.25) is 9.59 Å². The second kappa shape index (κ2) is 8.66. The monoisotopic (exact) mass is 370 g/mol. The number of carbonyl (C=O) groups is 2. The molecular weight excluding hydrogens is 344 g/mol. The van der Waals surface area contributed by atoms with Crippen molar-refractivity contribution in [2.24, 2.45) is 4.99 Å². The Bertz CT molecular complexity index is 975. The second-order valence-electron chi connectivity index (χ2n) is 6.55. The zero-order valence-corrected chi connectivity index (χ0v) is 16.2. The SMILES string of the molecule is C/C=C1N=C(/C=c2\[nH]/c(=C\C)c(C)c2CCC(=O)O)C(CCC(=O)O)=C\1C. The molecule has 1 aromatic rings. The molecule has 0 atom stereocenters. The van der Waals surface area contributed by atoms with Crippen molar-refractivity contribution in [2.75, 3.05) is 0 Å². The Kier molecular flexibility index (Phi) is 6.55. The van der Waals surface area contributed by atoms with Crippen LogP contribution in [0.5, 0.6) is 0 Å². The Balaban J connectivity index is 2.56. The van der Waals surface area contributed by atoms with Gasteiger partial charge in [0.05, 0.1) is 11.4 Å². The van der Waals surface area contributed by atoms with Crippen LogP contribution in [-0.4, -0.2) is 32.8 Å². The maximum atomic E-state index is 11.0. The van der Waals surface area contributed by atoms with Crippen LogP contribution in [0.15, 0.2) is 27.9 Å². The lowest BCUT2D eigenvalue weighted by molar-refractivity contribution is -0.137. The van der Waals surface area contributed by atoms with Crippen molar-refractivity contribution in [3.05, 3.63) is 44.7 Å². The number of carboxylic acids is 2. The fraction of sp³-hybridized carbons (Fsp3) is 0.381. The molecule has 0 aliphatic carbocycles. The van der Waals surface area contributed by atoms with Crippen LogP contribution in [0.4, 0.5) is 0 Å². The number of allylic oxidation sites excluding steroid dienone is 3. The molecule has 144 valence electrons. The number of aromatic nitrogens is 1. The predicted octanol–water partition coefficient (Wildman–Crippen LogP) is 2.46. The highest BCUT2D eigenvalue weighted by atomic mass is 16.4. The van der Waals surface area contributed by atoms with Crippen LogP contribution >= 0.6 is 0 Å². The van der Waals surface area contributed by atoms with Gasteiger partial charge in [-0.2, -0.15) is 0 Å². The number of aliphatic carboxylic acids is 2. The highest BCUT2D eigenvalue weighted by Gasteiger charge is 2.20. The minimum Gasteiger partial charge on any atom is -0.481 e. The number of nitrogens with zero attached hydrogens (tertiary/aromatic N) is 1. The van der Waals surface area contributed by atoms with Gasteiger partial charge in [0.15, 0.2) is 0 Å².